The van der Waals surface area contributed by atoms with Crippen molar-refractivity contribution in [1.82, 2.24) is 14.9 Å². The van der Waals surface area contributed by atoms with Crippen LogP contribution in [0.25, 0.3) is 22.2 Å². The quantitative estimate of drug-likeness (QED) is 0.403. The first-order chi connectivity index (χ1) is 14.8. The number of hydrogen-bond acceptors (Lipinski definition) is 4. The molecule has 4 aromatic rings. The summed E-state index contributed by atoms with van der Waals surface area (Å²) < 4.78 is 5.77. The van der Waals surface area contributed by atoms with Crippen molar-refractivity contribution >= 4 is 28.6 Å². The number of carbonyl (C=O) groups is 1. The number of imidazole rings is 1. The molecule has 0 aliphatic rings. The van der Waals surface area contributed by atoms with E-state index in [-0.39, 0.29) is 11.6 Å². The normalized spacial score (nSPS) is 11.3. The van der Waals surface area contributed by atoms with Crippen molar-refractivity contribution in [3.8, 4) is 22.9 Å². The van der Waals surface area contributed by atoms with Gasteiger partial charge in [0.2, 0.25) is 0 Å². The summed E-state index contributed by atoms with van der Waals surface area (Å²) in [5.74, 6) is -0.606. The van der Waals surface area contributed by atoms with Crippen LogP contribution >= 0.6 is 11.6 Å². The maximum absolute atomic E-state index is 11.4. The lowest BCUT2D eigenvalue weighted by atomic mass is 10.0. The number of carboxylic acids is 1. The molecule has 0 fully saturated rings. The zero-order chi connectivity index (χ0) is 22.1. The molecule has 0 bridgehead atoms. The van der Waals surface area contributed by atoms with Gasteiger partial charge < -0.3 is 19.7 Å². The molecule has 0 spiro atoms. The van der Waals surface area contributed by atoms with E-state index in [0.717, 1.165) is 23.2 Å². The number of rotatable bonds is 6. The lowest BCUT2D eigenvalue weighted by Crippen LogP contribution is -2.10. The lowest BCUT2D eigenvalue weighted by Gasteiger charge is -2.10. The molecule has 158 valence electrons. The predicted molar refractivity (Wildman–Crippen MR) is 122 cm³/mol. The van der Waals surface area contributed by atoms with E-state index in [1.54, 1.807) is 19.1 Å². The van der Waals surface area contributed by atoms with Crippen molar-refractivity contribution in [1.29, 1.82) is 0 Å². The molecule has 6 nitrogen and oxygen atoms in total. The maximum Gasteiger partial charge on any atom is 0.336 e. The highest BCUT2D eigenvalue weighted by atomic mass is 35.5. The van der Waals surface area contributed by atoms with Crippen molar-refractivity contribution in [3.63, 3.8) is 0 Å². The highest BCUT2D eigenvalue weighted by Crippen LogP contribution is 2.33. The Labute approximate surface area is 185 Å². The average Bonchev–Trinajstić information content (AvgIpc) is 3.10. The minimum Gasteiger partial charge on any atom is -0.478 e. The van der Waals surface area contributed by atoms with E-state index in [2.05, 4.69) is 39.1 Å². The number of halogens is 1. The number of nitrogens with zero attached hydrogens (tertiary/aromatic N) is 2. The first-order valence-electron chi connectivity index (χ1n) is 9.75. The lowest BCUT2D eigenvalue weighted by molar-refractivity contribution is 0.0695. The van der Waals surface area contributed by atoms with Gasteiger partial charge in [0.1, 0.15) is 5.75 Å². The van der Waals surface area contributed by atoms with Gasteiger partial charge in [-0.2, -0.15) is 4.98 Å². The van der Waals surface area contributed by atoms with Crippen LogP contribution in [0.4, 0.5) is 0 Å². The van der Waals surface area contributed by atoms with E-state index in [1.165, 1.54) is 11.6 Å². The van der Waals surface area contributed by atoms with Gasteiger partial charge in [0.15, 0.2) is 0 Å². The van der Waals surface area contributed by atoms with Gasteiger partial charge in [0.25, 0.3) is 6.01 Å². The van der Waals surface area contributed by atoms with Gasteiger partial charge >= 0.3 is 5.97 Å². The highest BCUT2D eigenvalue weighted by Gasteiger charge is 2.13. The number of carboxylic acid groups (broad SMARTS) is 1. The molecule has 0 saturated carbocycles. The molecule has 3 aromatic carbocycles. The van der Waals surface area contributed by atoms with E-state index in [9.17, 15) is 9.90 Å². The van der Waals surface area contributed by atoms with Gasteiger partial charge in [-0.3, -0.25) is 0 Å². The summed E-state index contributed by atoms with van der Waals surface area (Å²) in [4.78, 5) is 21.1. The molecule has 0 radical (unpaired) electrons. The zero-order valence-electron chi connectivity index (χ0n) is 17.4. The van der Waals surface area contributed by atoms with Crippen LogP contribution in [-0.4, -0.2) is 40.0 Å². The van der Waals surface area contributed by atoms with E-state index in [1.807, 2.05) is 26.2 Å². The zero-order valence-corrected chi connectivity index (χ0v) is 18.2. The van der Waals surface area contributed by atoms with E-state index >= 15 is 0 Å². The fourth-order valence-electron chi connectivity index (χ4n) is 3.44. The number of ether oxygens (including phenoxy) is 1. The Morgan fingerprint density at radius 2 is 1.87 bits per heavy atom. The summed E-state index contributed by atoms with van der Waals surface area (Å²) in [6.07, 6.45) is 0. The highest BCUT2D eigenvalue weighted by molar-refractivity contribution is 6.34. The van der Waals surface area contributed by atoms with Gasteiger partial charge in [-0.1, -0.05) is 41.9 Å². The van der Waals surface area contributed by atoms with Crippen molar-refractivity contribution in [3.05, 3.63) is 76.3 Å². The second kappa shape index (κ2) is 8.41. The summed E-state index contributed by atoms with van der Waals surface area (Å²) in [7, 11) is 4.07. The summed E-state index contributed by atoms with van der Waals surface area (Å²) in [6, 6.07) is 17.2. The molecule has 0 aliphatic carbocycles. The molecule has 31 heavy (non-hydrogen) atoms. The maximum atomic E-state index is 11.4. The SMILES string of the molecule is Cc1ccc(Oc2nc3cc(-c4ccc(CN(C)C)cc4)c(Cl)cc3[nH]2)cc1C(=O)O. The molecule has 0 amide bonds. The second-order valence-corrected chi connectivity index (χ2v) is 8.12. The standard InChI is InChI=1S/C24H22ClN3O3/c1-14-4-9-17(10-18(14)23(29)30)31-24-26-21-11-19(20(25)12-22(21)27-24)16-7-5-15(6-8-16)13-28(2)3/h4-12H,13H2,1-3H3,(H,26,27)(H,29,30). The fourth-order valence-corrected chi connectivity index (χ4v) is 3.71. The summed E-state index contributed by atoms with van der Waals surface area (Å²) in [5.41, 5.74) is 5.40. The number of benzene rings is 3. The largest absolute Gasteiger partial charge is 0.478 e. The van der Waals surface area contributed by atoms with Crippen LogP contribution in [0.1, 0.15) is 21.5 Å². The van der Waals surface area contributed by atoms with Gasteiger partial charge in [0, 0.05) is 12.1 Å². The van der Waals surface area contributed by atoms with Crippen LogP contribution in [0.3, 0.4) is 0 Å². The predicted octanol–water partition coefficient (Wildman–Crippen LogP) is 5.74. The summed E-state index contributed by atoms with van der Waals surface area (Å²) >= 11 is 6.54. The van der Waals surface area contributed by atoms with Crippen molar-refractivity contribution in [2.45, 2.75) is 13.5 Å². The number of nitrogens with one attached hydrogen (secondary N) is 1. The van der Waals surface area contributed by atoms with Gasteiger partial charge in [0.05, 0.1) is 21.6 Å². The molecule has 0 atom stereocenters. The number of fused-ring (bicyclic) bond motifs is 1. The molecule has 0 unspecified atom stereocenters. The van der Waals surface area contributed by atoms with Crippen LogP contribution in [0.5, 0.6) is 11.8 Å². The molecule has 1 aromatic heterocycles. The number of hydrogen-bond donors (Lipinski definition) is 2. The Morgan fingerprint density at radius 3 is 2.55 bits per heavy atom. The molecular weight excluding hydrogens is 414 g/mol. The first-order valence-corrected chi connectivity index (χ1v) is 10.1. The van der Waals surface area contributed by atoms with Crippen LogP contribution in [0.15, 0.2) is 54.6 Å². The molecule has 2 N–H and O–H groups in total. The number of aromatic amines is 1. The van der Waals surface area contributed by atoms with Crippen LogP contribution < -0.4 is 4.74 Å². The minimum absolute atomic E-state index is 0.191. The molecule has 0 aliphatic heterocycles. The Balaban J connectivity index is 1.63. The Morgan fingerprint density at radius 1 is 1.13 bits per heavy atom. The molecular formula is C24H22ClN3O3. The van der Waals surface area contributed by atoms with Crippen molar-refractivity contribution in [2.24, 2.45) is 0 Å². The van der Waals surface area contributed by atoms with Crippen molar-refractivity contribution < 1.29 is 14.6 Å². The number of aryl methyl sites for hydroxylation is 1. The Bertz CT molecular complexity index is 1260. The molecule has 4 rings (SSSR count). The van der Waals surface area contributed by atoms with Gasteiger partial charge in [-0.25, -0.2) is 4.79 Å². The van der Waals surface area contributed by atoms with E-state index < -0.39 is 5.97 Å². The molecule has 7 heteroatoms. The summed E-state index contributed by atoms with van der Waals surface area (Å²) in [6.45, 7) is 2.61. The van der Waals surface area contributed by atoms with E-state index in [4.69, 9.17) is 16.3 Å². The topological polar surface area (TPSA) is 78.5 Å². The Kier molecular flexibility index (Phi) is 5.67. The first kappa shape index (κ1) is 20.9. The van der Waals surface area contributed by atoms with Gasteiger partial charge in [-0.15, -0.1) is 0 Å². The third kappa shape index (κ3) is 4.55. The van der Waals surface area contributed by atoms with E-state index in [0.29, 0.717) is 21.9 Å². The smallest absolute Gasteiger partial charge is 0.336 e. The van der Waals surface area contributed by atoms with Crippen molar-refractivity contribution in [2.75, 3.05) is 14.1 Å². The summed E-state index contributed by atoms with van der Waals surface area (Å²) in [5, 5.41) is 9.91. The molecule has 1 heterocycles. The van der Waals surface area contributed by atoms with Crippen LogP contribution in [-0.2, 0) is 6.54 Å². The third-order valence-electron chi connectivity index (χ3n) is 4.97. The average molecular weight is 436 g/mol. The monoisotopic (exact) mass is 435 g/mol. The number of H-pyrrole nitrogens is 1. The minimum atomic E-state index is -0.999. The Hall–Kier alpha value is -3.35. The third-order valence-corrected chi connectivity index (χ3v) is 5.28. The van der Waals surface area contributed by atoms with Crippen LogP contribution in [0.2, 0.25) is 5.02 Å². The molecule has 0 saturated heterocycles. The number of aromatic nitrogens is 2. The van der Waals surface area contributed by atoms with Gasteiger partial charge in [-0.05, 0) is 62.0 Å². The van der Waals surface area contributed by atoms with Crippen LogP contribution in [0, 0.1) is 6.92 Å². The number of aromatic carboxylic acids is 1. The second-order valence-electron chi connectivity index (χ2n) is 7.71. The fraction of sp³-hybridized carbons (Fsp3) is 0.167.